The van der Waals surface area contributed by atoms with E-state index < -0.39 is 0 Å². The van der Waals surface area contributed by atoms with Crippen LogP contribution in [0, 0.1) is 0 Å². The zero-order valence-electron chi connectivity index (χ0n) is 8.42. The summed E-state index contributed by atoms with van der Waals surface area (Å²) in [5, 5.41) is 1.42. The molecule has 1 unspecified atom stereocenters. The maximum absolute atomic E-state index is 6.10. The highest BCUT2D eigenvalue weighted by atomic mass is 35.5. The fourth-order valence-corrected chi connectivity index (χ4v) is 2.37. The number of benzene rings is 1. The SMILES string of the molecule is NC1CCN(Cc2ccc(Cl)cc2Cl)C1. The standard InChI is InChI=1S/C11H14Cl2N2/c12-9-2-1-8(11(13)5-9)6-15-4-3-10(14)7-15/h1-2,5,10H,3-4,6-7,14H2. The van der Waals surface area contributed by atoms with Crippen LogP contribution in [0.3, 0.4) is 0 Å². The highest BCUT2D eigenvalue weighted by Gasteiger charge is 2.19. The van der Waals surface area contributed by atoms with Gasteiger partial charge in [-0.15, -0.1) is 0 Å². The van der Waals surface area contributed by atoms with E-state index in [-0.39, 0.29) is 0 Å². The Hall–Kier alpha value is -0.280. The van der Waals surface area contributed by atoms with Gasteiger partial charge in [-0.2, -0.15) is 0 Å². The largest absolute Gasteiger partial charge is 0.326 e. The lowest BCUT2D eigenvalue weighted by Gasteiger charge is -2.16. The first kappa shape index (κ1) is 11.2. The van der Waals surface area contributed by atoms with Gasteiger partial charge in [0.25, 0.3) is 0 Å². The molecule has 15 heavy (non-hydrogen) atoms. The molecule has 0 radical (unpaired) electrons. The van der Waals surface area contributed by atoms with Crippen LogP contribution in [0.5, 0.6) is 0 Å². The molecule has 82 valence electrons. The van der Waals surface area contributed by atoms with Gasteiger partial charge in [0.05, 0.1) is 0 Å². The van der Waals surface area contributed by atoms with E-state index in [1.165, 1.54) is 0 Å². The minimum Gasteiger partial charge on any atom is -0.326 e. The smallest absolute Gasteiger partial charge is 0.0465 e. The summed E-state index contributed by atoms with van der Waals surface area (Å²) < 4.78 is 0. The lowest BCUT2D eigenvalue weighted by Crippen LogP contribution is -2.26. The van der Waals surface area contributed by atoms with Crippen LogP contribution in [0.2, 0.25) is 10.0 Å². The first-order chi connectivity index (χ1) is 7.15. The van der Waals surface area contributed by atoms with E-state index in [0.717, 1.165) is 36.6 Å². The van der Waals surface area contributed by atoms with Gasteiger partial charge in [0.15, 0.2) is 0 Å². The van der Waals surface area contributed by atoms with E-state index >= 15 is 0 Å². The molecular weight excluding hydrogens is 231 g/mol. The van der Waals surface area contributed by atoms with Gasteiger partial charge in [-0.05, 0) is 24.1 Å². The van der Waals surface area contributed by atoms with E-state index in [1.54, 1.807) is 6.07 Å². The van der Waals surface area contributed by atoms with Crippen LogP contribution in [0.25, 0.3) is 0 Å². The monoisotopic (exact) mass is 244 g/mol. The molecule has 2 N–H and O–H groups in total. The Kier molecular flexibility index (Phi) is 3.52. The fraction of sp³-hybridized carbons (Fsp3) is 0.455. The van der Waals surface area contributed by atoms with Crippen molar-refractivity contribution in [3.63, 3.8) is 0 Å². The summed E-state index contributed by atoms with van der Waals surface area (Å²) in [7, 11) is 0. The maximum Gasteiger partial charge on any atom is 0.0465 e. The summed E-state index contributed by atoms with van der Waals surface area (Å²) in [6, 6.07) is 5.96. The summed E-state index contributed by atoms with van der Waals surface area (Å²) in [5.74, 6) is 0. The number of rotatable bonds is 2. The first-order valence-electron chi connectivity index (χ1n) is 5.07. The van der Waals surface area contributed by atoms with Crippen molar-refractivity contribution >= 4 is 23.2 Å². The lowest BCUT2D eigenvalue weighted by atomic mass is 10.2. The van der Waals surface area contributed by atoms with Crippen LogP contribution < -0.4 is 5.73 Å². The normalized spacial score (nSPS) is 22.2. The number of hydrogen-bond donors (Lipinski definition) is 1. The van der Waals surface area contributed by atoms with Gasteiger partial charge in [-0.25, -0.2) is 0 Å². The number of hydrogen-bond acceptors (Lipinski definition) is 2. The number of nitrogens with two attached hydrogens (primary N) is 1. The van der Waals surface area contributed by atoms with E-state index in [0.29, 0.717) is 11.1 Å². The Morgan fingerprint density at radius 2 is 2.20 bits per heavy atom. The Morgan fingerprint density at radius 1 is 1.40 bits per heavy atom. The third kappa shape index (κ3) is 2.85. The Bertz CT molecular complexity index is 354. The van der Waals surface area contributed by atoms with Crippen molar-refractivity contribution in [3.05, 3.63) is 33.8 Å². The first-order valence-corrected chi connectivity index (χ1v) is 5.82. The van der Waals surface area contributed by atoms with Crippen LogP contribution in [0.15, 0.2) is 18.2 Å². The summed E-state index contributed by atoms with van der Waals surface area (Å²) in [6.07, 6.45) is 1.07. The molecule has 2 rings (SSSR count). The third-order valence-corrected chi connectivity index (χ3v) is 3.30. The number of likely N-dealkylation sites (tertiary alicyclic amines) is 1. The van der Waals surface area contributed by atoms with Crippen molar-refractivity contribution in [2.24, 2.45) is 5.73 Å². The van der Waals surface area contributed by atoms with Crippen LogP contribution in [0.4, 0.5) is 0 Å². The van der Waals surface area contributed by atoms with E-state index in [9.17, 15) is 0 Å². The molecule has 0 aliphatic carbocycles. The second-order valence-electron chi connectivity index (χ2n) is 4.02. The average Bonchev–Trinajstić information content (AvgIpc) is 2.56. The maximum atomic E-state index is 6.10. The third-order valence-electron chi connectivity index (χ3n) is 2.72. The Labute approximate surface area is 100.0 Å². The van der Waals surface area contributed by atoms with Gasteiger partial charge in [0, 0.05) is 35.7 Å². The van der Waals surface area contributed by atoms with Gasteiger partial charge in [0.1, 0.15) is 0 Å². The highest BCUT2D eigenvalue weighted by molar-refractivity contribution is 6.35. The molecule has 0 spiro atoms. The Balaban J connectivity index is 2.04. The predicted octanol–water partition coefficient (Wildman–Crippen LogP) is 2.53. The number of halogens is 2. The zero-order valence-corrected chi connectivity index (χ0v) is 9.93. The minimum absolute atomic E-state index is 0.316. The van der Waals surface area contributed by atoms with Crippen LogP contribution in [-0.2, 0) is 6.54 Å². The Morgan fingerprint density at radius 3 is 2.80 bits per heavy atom. The lowest BCUT2D eigenvalue weighted by molar-refractivity contribution is 0.327. The molecule has 2 nitrogen and oxygen atoms in total. The molecule has 1 aromatic rings. The quantitative estimate of drug-likeness (QED) is 0.867. The van der Waals surface area contributed by atoms with Crippen LogP contribution in [0.1, 0.15) is 12.0 Å². The molecule has 1 aliphatic heterocycles. The number of nitrogens with zero attached hydrogens (tertiary/aromatic N) is 1. The van der Waals surface area contributed by atoms with Crippen molar-refractivity contribution < 1.29 is 0 Å². The summed E-state index contributed by atoms with van der Waals surface area (Å²) in [5.41, 5.74) is 6.97. The molecular formula is C11H14Cl2N2. The van der Waals surface area contributed by atoms with Gasteiger partial charge < -0.3 is 5.73 Å². The zero-order chi connectivity index (χ0) is 10.8. The summed E-state index contributed by atoms with van der Waals surface area (Å²) in [6.45, 7) is 2.88. The molecule has 1 atom stereocenters. The van der Waals surface area contributed by atoms with Crippen molar-refractivity contribution in [1.82, 2.24) is 4.90 Å². The molecule has 4 heteroatoms. The van der Waals surface area contributed by atoms with Crippen molar-refractivity contribution in [1.29, 1.82) is 0 Å². The van der Waals surface area contributed by atoms with Gasteiger partial charge in [0.2, 0.25) is 0 Å². The van der Waals surface area contributed by atoms with E-state index in [1.807, 2.05) is 12.1 Å². The van der Waals surface area contributed by atoms with Crippen LogP contribution >= 0.6 is 23.2 Å². The predicted molar refractivity (Wildman–Crippen MR) is 64.3 cm³/mol. The molecule has 0 amide bonds. The minimum atomic E-state index is 0.316. The highest BCUT2D eigenvalue weighted by Crippen LogP contribution is 2.23. The molecule has 1 aliphatic rings. The second-order valence-corrected chi connectivity index (χ2v) is 4.86. The average molecular weight is 245 g/mol. The van der Waals surface area contributed by atoms with Crippen LogP contribution in [-0.4, -0.2) is 24.0 Å². The van der Waals surface area contributed by atoms with E-state index in [4.69, 9.17) is 28.9 Å². The molecule has 0 saturated carbocycles. The van der Waals surface area contributed by atoms with Crippen molar-refractivity contribution in [2.45, 2.75) is 19.0 Å². The fourth-order valence-electron chi connectivity index (χ4n) is 1.90. The van der Waals surface area contributed by atoms with Gasteiger partial charge in [-0.1, -0.05) is 29.3 Å². The molecule has 1 heterocycles. The topological polar surface area (TPSA) is 29.3 Å². The molecule has 0 aromatic heterocycles. The molecule has 1 fully saturated rings. The van der Waals surface area contributed by atoms with Crippen molar-refractivity contribution in [2.75, 3.05) is 13.1 Å². The van der Waals surface area contributed by atoms with Gasteiger partial charge in [-0.3, -0.25) is 4.90 Å². The molecule has 1 saturated heterocycles. The molecule has 1 aromatic carbocycles. The van der Waals surface area contributed by atoms with Gasteiger partial charge >= 0.3 is 0 Å². The summed E-state index contributed by atoms with van der Waals surface area (Å²) >= 11 is 11.9. The second kappa shape index (κ2) is 4.71. The molecule has 0 bridgehead atoms. The van der Waals surface area contributed by atoms with Crippen molar-refractivity contribution in [3.8, 4) is 0 Å². The van der Waals surface area contributed by atoms with E-state index in [2.05, 4.69) is 4.90 Å². The summed E-state index contributed by atoms with van der Waals surface area (Å²) in [4.78, 5) is 2.32.